The van der Waals surface area contributed by atoms with E-state index in [1.54, 1.807) is 0 Å². The quantitative estimate of drug-likeness (QED) is 0.838. The van der Waals surface area contributed by atoms with Crippen LogP contribution in [0.5, 0.6) is 0 Å². The number of aliphatic hydroxyl groups is 1. The zero-order chi connectivity index (χ0) is 14.7. The van der Waals surface area contributed by atoms with E-state index >= 15 is 0 Å². The van der Waals surface area contributed by atoms with Gasteiger partial charge in [0.15, 0.2) is 0 Å². The number of nitrogens with one attached hydrogen (secondary N) is 1. The molecule has 0 spiro atoms. The number of hydrogen-bond acceptors (Lipinski definition) is 2. The van der Waals surface area contributed by atoms with Gasteiger partial charge >= 0.3 is 0 Å². The molecule has 1 amide bonds. The third kappa shape index (κ3) is 3.83. The van der Waals surface area contributed by atoms with E-state index in [1.165, 1.54) is 29.5 Å². The highest BCUT2D eigenvalue weighted by molar-refractivity contribution is 5.77. The van der Waals surface area contributed by atoms with Gasteiger partial charge < -0.3 is 10.4 Å². The lowest BCUT2D eigenvalue weighted by Gasteiger charge is -2.19. The van der Waals surface area contributed by atoms with Gasteiger partial charge in [0.2, 0.25) is 5.91 Å². The third-order valence-corrected chi connectivity index (χ3v) is 4.24. The minimum absolute atomic E-state index is 0.0104. The molecule has 0 radical (unpaired) electrons. The van der Waals surface area contributed by atoms with E-state index in [0.29, 0.717) is 18.3 Å². The number of carbonyl (C=O) groups is 1. The van der Waals surface area contributed by atoms with E-state index in [4.69, 9.17) is 5.11 Å². The Morgan fingerprint density at radius 2 is 2.05 bits per heavy atom. The van der Waals surface area contributed by atoms with Crippen molar-refractivity contribution in [3.05, 3.63) is 34.9 Å². The van der Waals surface area contributed by atoms with Gasteiger partial charge in [0.05, 0.1) is 6.61 Å². The largest absolute Gasteiger partial charge is 0.394 e. The summed E-state index contributed by atoms with van der Waals surface area (Å²) in [5, 5.41) is 11.9. The fraction of sp³-hybridized carbons (Fsp3) is 0.588. The van der Waals surface area contributed by atoms with Crippen molar-refractivity contribution in [1.29, 1.82) is 0 Å². The van der Waals surface area contributed by atoms with Crippen molar-refractivity contribution in [3.8, 4) is 0 Å². The first-order chi connectivity index (χ1) is 9.51. The zero-order valence-electron chi connectivity index (χ0n) is 12.6. The van der Waals surface area contributed by atoms with Crippen LogP contribution in [-0.4, -0.2) is 23.7 Å². The zero-order valence-corrected chi connectivity index (χ0v) is 12.6. The van der Waals surface area contributed by atoms with Crippen LogP contribution >= 0.6 is 0 Å². The van der Waals surface area contributed by atoms with Crippen LogP contribution < -0.4 is 5.32 Å². The Morgan fingerprint density at radius 3 is 2.60 bits per heavy atom. The summed E-state index contributed by atoms with van der Waals surface area (Å²) >= 11 is 0. The molecule has 1 aliphatic rings. The molecule has 1 aliphatic carbocycles. The smallest absolute Gasteiger partial charge is 0.220 e. The van der Waals surface area contributed by atoms with Crippen LogP contribution in [0.2, 0.25) is 0 Å². The SMILES string of the molecule is Cc1ccc(C(CC(=O)NC(C)CO)C2CC2)cc1C. The lowest BCUT2D eigenvalue weighted by molar-refractivity contribution is -0.122. The van der Waals surface area contributed by atoms with Crippen LogP contribution in [0, 0.1) is 19.8 Å². The van der Waals surface area contributed by atoms with Crippen molar-refractivity contribution in [2.24, 2.45) is 5.92 Å². The van der Waals surface area contributed by atoms with Crippen molar-refractivity contribution in [2.75, 3.05) is 6.61 Å². The Morgan fingerprint density at radius 1 is 1.35 bits per heavy atom. The molecule has 3 heteroatoms. The summed E-state index contributed by atoms with van der Waals surface area (Å²) in [6.45, 7) is 6.04. The molecule has 110 valence electrons. The molecule has 1 aromatic rings. The molecule has 2 N–H and O–H groups in total. The monoisotopic (exact) mass is 275 g/mol. The minimum Gasteiger partial charge on any atom is -0.394 e. The standard InChI is InChI=1S/C17H25NO2/c1-11-4-5-15(8-12(11)2)16(14-6-7-14)9-17(20)18-13(3)10-19/h4-5,8,13-14,16,19H,6-7,9-10H2,1-3H3,(H,18,20). The molecular formula is C17H25NO2. The average molecular weight is 275 g/mol. The number of aryl methyl sites for hydroxylation is 2. The van der Waals surface area contributed by atoms with Crippen molar-refractivity contribution < 1.29 is 9.90 Å². The molecule has 0 aromatic heterocycles. The molecule has 20 heavy (non-hydrogen) atoms. The van der Waals surface area contributed by atoms with Crippen LogP contribution in [-0.2, 0) is 4.79 Å². The summed E-state index contributed by atoms with van der Waals surface area (Å²) in [7, 11) is 0. The Labute approximate surface area is 121 Å². The number of amides is 1. The molecule has 1 fully saturated rings. The van der Waals surface area contributed by atoms with Gasteiger partial charge in [0, 0.05) is 12.5 Å². The highest BCUT2D eigenvalue weighted by Gasteiger charge is 2.33. The van der Waals surface area contributed by atoms with Crippen LogP contribution in [0.15, 0.2) is 18.2 Å². The molecule has 2 unspecified atom stereocenters. The maximum absolute atomic E-state index is 12.1. The van der Waals surface area contributed by atoms with E-state index in [-0.39, 0.29) is 18.6 Å². The summed E-state index contributed by atoms with van der Waals surface area (Å²) in [4.78, 5) is 12.1. The number of aliphatic hydroxyl groups excluding tert-OH is 1. The van der Waals surface area contributed by atoms with E-state index in [2.05, 4.69) is 37.4 Å². The van der Waals surface area contributed by atoms with E-state index in [1.807, 2.05) is 6.92 Å². The van der Waals surface area contributed by atoms with Crippen molar-refractivity contribution in [1.82, 2.24) is 5.32 Å². The summed E-state index contributed by atoms with van der Waals surface area (Å²) in [6.07, 6.45) is 2.97. The first-order valence-electron chi connectivity index (χ1n) is 7.48. The second-order valence-electron chi connectivity index (χ2n) is 6.14. The Hall–Kier alpha value is -1.35. The number of benzene rings is 1. The summed E-state index contributed by atoms with van der Waals surface area (Å²) in [6, 6.07) is 6.37. The second kappa shape index (κ2) is 6.40. The maximum atomic E-state index is 12.1. The van der Waals surface area contributed by atoms with Gasteiger partial charge in [0.25, 0.3) is 0 Å². The van der Waals surface area contributed by atoms with Crippen LogP contribution in [0.3, 0.4) is 0 Å². The molecule has 2 atom stereocenters. The number of carbonyl (C=O) groups excluding carboxylic acids is 1. The van der Waals surface area contributed by atoms with Gasteiger partial charge in [-0.05, 0) is 62.1 Å². The highest BCUT2D eigenvalue weighted by Crippen LogP contribution is 2.44. The second-order valence-corrected chi connectivity index (χ2v) is 6.14. The Kier molecular flexibility index (Phi) is 4.81. The van der Waals surface area contributed by atoms with Gasteiger partial charge in [-0.2, -0.15) is 0 Å². The third-order valence-electron chi connectivity index (χ3n) is 4.24. The molecule has 3 nitrogen and oxygen atoms in total. The van der Waals surface area contributed by atoms with Gasteiger partial charge in [0.1, 0.15) is 0 Å². The summed E-state index contributed by atoms with van der Waals surface area (Å²) in [5.74, 6) is 1.01. The molecule has 0 saturated heterocycles. The fourth-order valence-corrected chi connectivity index (χ4v) is 2.63. The lowest BCUT2D eigenvalue weighted by Crippen LogP contribution is -2.35. The molecule has 0 heterocycles. The predicted molar refractivity (Wildman–Crippen MR) is 80.7 cm³/mol. The average Bonchev–Trinajstić information content (AvgIpc) is 3.23. The molecule has 0 aliphatic heterocycles. The highest BCUT2D eigenvalue weighted by atomic mass is 16.3. The molecule has 2 rings (SSSR count). The molecular weight excluding hydrogens is 250 g/mol. The molecule has 1 aromatic carbocycles. The van der Waals surface area contributed by atoms with Crippen LogP contribution in [0.1, 0.15) is 48.8 Å². The normalized spacial score (nSPS) is 17.6. The fourth-order valence-electron chi connectivity index (χ4n) is 2.63. The van der Waals surface area contributed by atoms with E-state index in [9.17, 15) is 4.79 Å². The predicted octanol–water partition coefficient (Wildman–Crippen LogP) is 2.68. The number of rotatable bonds is 6. The molecule has 0 bridgehead atoms. The first-order valence-corrected chi connectivity index (χ1v) is 7.48. The minimum atomic E-state index is -0.165. The molecule has 1 saturated carbocycles. The summed E-state index contributed by atoms with van der Waals surface area (Å²) < 4.78 is 0. The van der Waals surface area contributed by atoms with Crippen LogP contribution in [0.4, 0.5) is 0 Å². The maximum Gasteiger partial charge on any atom is 0.220 e. The first kappa shape index (κ1) is 15.0. The number of hydrogen-bond donors (Lipinski definition) is 2. The summed E-state index contributed by atoms with van der Waals surface area (Å²) in [5.41, 5.74) is 3.86. The van der Waals surface area contributed by atoms with Crippen molar-refractivity contribution >= 4 is 5.91 Å². The van der Waals surface area contributed by atoms with E-state index in [0.717, 1.165) is 0 Å². The van der Waals surface area contributed by atoms with Gasteiger partial charge in [-0.25, -0.2) is 0 Å². The topological polar surface area (TPSA) is 49.3 Å². The van der Waals surface area contributed by atoms with Gasteiger partial charge in [-0.15, -0.1) is 0 Å². The Bertz CT molecular complexity index is 480. The van der Waals surface area contributed by atoms with Crippen molar-refractivity contribution in [3.63, 3.8) is 0 Å². The van der Waals surface area contributed by atoms with Gasteiger partial charge in [-0.1, -0.05) is 18.2 Å². The Balaban J connectivity index is 2.07. The van der Waals surface area contributed by atoms with Crippen LogP contribution in [0.25, 0.3) is 0 Å². The lowest BCUT2D eigenvalue weighted by atomic mass is 9.89. The van der Waals surface area contributed by atoms with Crippen molar-refractivity contribution in [2.45, 2.75) is 52.0 Å². The van der Waals surface area contributed by atoms with Gasteiger partial charge in [-0.3, -0.25) is 4.79 Å². The van der Waals surface area contributed by atoms with E-state index < -0.39 is 0 Å².